The van der Waals surface area contributed by atoms with E-state index in [0.717, 1.165) is 18.2 Å². The van der Waals surface area contributed by atoms with Gasteiger partial charge in [-0.05, 0) is 30.3 Å². The van der Waals surface area contributed by atoms with Crippen LogP contribution in [0.1, 0.15) is 0 Å². The Kier molecular flexibility index (Phi) is 3.02. The molecule has 0 spiro atoms. The minimum Gasteiger partial charge on any atom is -0.508 e. The van der Waals surface area contributed by atoms with Crippen LogP contribution in [0.15, 0.2) is 40.9 Å². The van der Waals surface area contributed by atoms with Gasteiger partial charge in [0.2, 0.25) is 5.82 Å². The third-order valence-corrected chi connectivity index (χ3v) is 2.76. The highest BCUT2D eigenvalue weighted by molar-refractivity contribution is 5.66. The number of halogens is 2. The molecule has 0 radical (unpaired) electrons. The van der Waals surface area contributed by atoms with Crippen LogP contribution in [0, 0.1) is 11.6 Å². The Balaban J connectivity index is 2.05. The van der Waals surface area contributed by atoms with Gasteiger partial charge >= 0.3 is 0 Å². The van der Waals surface area contributed by atoms with Crippen molar-refractivity contribution in [1.82, 2.24) is 10.1 Å². The summed E-state index contributed by atoms with van der Waals surface area (Å²) in [5.74, 6) is -1.92. The number of phenolic OH excluding ortho intramolecular Hbond substituents is 2. The first-order chi connectivity index (χ1) is 10.0. The van der Waals surface area contributed by atoms with Crippen LogP contribution < -0.4 is 0 Å². The van der Waals surface area contributed by atoms with Crippen LogP contribution in [0.4, 0.5) is 8.78 Å². The molecule has 0 unspecified atom stereocenters. The summed E-state index contributed by atoms with van der Waals surface area (Å²) in [6.07, 6.45) is 0. The largest absolute Gasteiger partial charge is 0.508 e. The standard InChI is InChI=1S/C14H8F2N2O3/c15-8-3-7(4-9(16)5-8)13-17-14(21-18-13)11-6-10(19)1-2-12(11)20/h1-6,19-20H. The highest BCUT2D eigenvalue weighted by Gasteiger charge is 2.15. The average Bonchev–Trinajstić information content (AvgIpc) is 2.90. The lowest BCUT2D eigenvalue weighted by Crippen LogP contribution is -1.86. The van der Waals surface area contributed by atoms with E-state index in [1.165, 1.54) is 18.2 Å². The molecule has 21 heavy (non-hydrogen) atoms. The Morgan fingerprint density at radius 1 is 0.952 bits per heavy atom. The van der Waals surface area contributed by atoms with Crippen LogP contribution in [0.5, 0.6) is 11.5 Å². The van der Waals surface area contributed by atoms with Crippen LogP contribution in [0.25, 0.3) is 22.8 Å². The summed E-state index contributed by atoms with van der Waals surface area (Å²) in [7, 11) is 0. The first kappa shape index (κ1) is 13.0. The number of rotatable bonds is 2. The fourth-order valence-corrected chi connectivity index (χ4v) is 1.83. The summed E-state index contributed by atoms with van der Waals surface area (Å²) >= 11 is 0. The monoisotopic (exact) mass is 290 g/mol. The fourth-order valence-electron chi connectivity index (χ4n) is 1.83. The lowest BCUT2D eigenvalue weighted by atomic mass is 10.2. The van der Waals surface area contributed by atoms with Crippen LogP contribution >= 0.6 is 0 Å². The number of benzene rings is 2. The van der Waals surface area contributed by atoms with Gasteiger partial charge in [-0.25, -0.2) is 8.78 Å². The highest BCUT2D eigenvalue weighted by atomic mass is 19.1. The number of aromatic nitrogens is 2. The normalized spacial score (nSPS) is 10.8. The van der Waals surface area contributed by atoms with Gasteiger partial charge in [-0.2, -0.15) is 4.98 Å². The van der Waals surface area contributed by atoms with Crippen molar-refractivity contribution in [2.24, 2.45) is 0 Å². The van der Waals surface area contributed by atoms with E-state index in [2.05, 4.69) is 10.1 Å². The molecule has 3 aromatic rings. The summed E-state index contributed by atoms with van der Waals surface area (Å²) in [4.78, 5) is 3.95. The molecule has 0 aliphatic heterocycles. The van der Waals surface area contributed by atoms with Crippen molar-refractivity contribution in [3.05, 3.63) is 48.0 Å². The van der Waals surface area contributed by atoms with Crippen molar-refractivity contribution in [1.29, 1.82) is 0 Å². The SMILES string of the molecule is Oc1ccc(O)c(-c2nc(-c3cc(F)cc(F)c3)no2)c1. The van der Waals surface area contributed by atoms with Gasteiger partial charge in [-0.15, -0.1) is 0 Å². The molecule has 0 amide bonds. The summed E-state index contributed by atoms with van der Waals surface area (Å²) in [5.41, 5.74) is 0.216. The lowest BCUT2D eigenvalue weighted by molar-refractivity contribution is 0.423. The van der Waals surface area contributed by atoms with E-state index in [1.54, 1.807) is 0 Å². The Hall–Kier alpha value is -2.96. The minimum atomic E-state index is -0.767. The van der Waals surface area contributed by atoms with Gasteiger partial charge in [-0.3, -0.25) is 0 Å². The van der Waals surface area contributed by atoms with Gasteiger partial charge in [0, 0.05) is 11.6 Å². The zero-order chi connectivity index (χ0) is 15.0. The zero-order valence-corrected chi connectivity index (χ0v) is 10.4. The van der Waals surface area contributed by atoms with E-state index in [9.17, 15) is 19.0 Å². The van der Waals surface area contributed by atoms with Crippen molar-refractivity contribution >= 4 is 0 Å². The first-order valence-corrected chi connectivity index (χ1v) is 5.85. The quantitative estimate of drug-likeness (QED) is 0.709. The summed E-state index contributed by atoms with van der Waals surface area (Å²) in [6, 6.07) is 6.62. The maximum absolute atomic E-state index is 13.2. The summed E-state index contributed by atoms with van der Waals surface area (Å²) < 4.78 is 31.3. The zero-order valence-electron chi connectivity index (χ0n) is 10.4. The van der Waals surface area contributed by atoms with Crippen molar-refractivity contribution in [2.75, 3.05) is 0 Å². The predicted molar refractivity (Wildman–Crippen MR) is 68.4 cm³/mol. The van der Waals surface area contributed by atoms with Gasteiger partial charge in [0.1, 0.15) is 23.1 Å². The molecule has 0 saturated heterocycles. The van der Waals surface area contributed by atoms with Crippen molar-refractivity contribution < 1.29 is 23.5 Å². The van der Waals surface area contributed by atoms with E-state index < -0.39 is 11.6 Å². The Labute approximate surface area is 117 Å². The van der Waals surface area contributed by atoms with E-state index in [-0.39, 0.29) is 34.3 Å². The molecule has 0 fully saturated rings. The predicted octanol–water partition coefficient (Wildman–Crippen LogP) is 3.09. The highest BCUT2D eigenvalue weighted by Crippen LogP contribution is 2.32. The topological polar surface area (TPSA) is 79.4 Å². The molecule has 5 nitrogen and oxygen atoms in total. The second-order valence-corrected chi connectivity index (χ2v) is 4.28. The lowest BCUT2D eigenvalue weighted by Gasteiger charge is -1.99. The molecule has 7 heteroatoms. The van der Waals surface area contributed by atoms with Gasteiger partial charge in [-0.1, -0.05) is 5.16 Å². The molecule has 106 valence electrons. The van der Waals surface area contributed by atoms with Crippen LogP contribution in [-0.4, -0.2) is 20.4 Å². The smallest absolute Gasteiger partial charge is 0.262 e. The van der Waals surface area contributed by atoms with Gasteiger partial charge in [0.05, 0.1) is 5.56 Å². The number of hydrogen-bond donors (Lipinski definition) is 2. The average molecular weight is 290 g/mol. The molecule has 2 aromatic carbocycles. The second-order valence-electron chi connectivity index (χ2n) is 4.28. The summed E-state index contributed by atoms with van der Waals surface area (Å²) in [6.45, 7) is 0. The Morgan fingerprint density at radius 2 is 1.67 bits per heavy atom. The molecular weight excluding hydrogens is 282 g/mol. The molecule has 1 aromatic heterocycles. The van der Waals surface area contributed by atoms with E-state index in [1.807, 2.05) is 0 Å². The maximum Gasteiger partial charge on any atom is 0.262 e. The van der Waals surface area contributed by atoms with Crippen LogP contribution in [0.3, 0.4) is 0 Å². The third kappa shape index (κ3) is 2.53. The number of aromatic hydroxyl groups is 2. The van der Waals surface area contributed by atoms with E-state index in [0.29, 0.717) is 0 Å². The number of nitrogens with zero attached hydrogens (tertiary/aromatic N) is 2. The fraction of sp³-hybridized carbons (Fsp3) is 0. The minimum absolute atomic E-state index is 0.0360. The molecule has 0 atom stereocenters. The first-order valence-electron chi connectivity index (χ1n) is 5.85. The van der Waals surface area contributed by atoms with Crippen molar-refractivity contribution in [3.8, 4) is 34.3 Å². The molecule has 0 aliphatic carbocycles. The molecule has 0 aliphatic rings. The van der Waals surface area contributed by atoms with Crippen LogP contribution in [-0.2, 0) is 0 Å². The maximum atomic E-state index is 13.2. The van der Waals surface area contributed by atoms with Gasteiger partial charge < -0.3 is 14.7 Å². The van der Waals surface area contributed by atoms with Gasteiger partial charge in [0.15, 0.2) is 0 Å². The van der Waals surface area contributed by atoms with E-state index in [4.69, 9.17) is 4.52 Å². The molecule has 0 saturated carbocycles. The van der Waals surface area contributed by atoms with Crippen molar-refractivity contribution in [3.63, 3.8) is 0 Å². The Bertz CT molecular complexity index is 797. The number of phenols is 2. The third-order valence-electron chi connectivity index (χ3n) is 2.76. The second kappa shape index (κ2) is 4.86. The molecule has 1 heterocycles. The van der Waals surface area contributed by atoms with E-state index >= 15 is 0 Å². The van der Waals surface area contributed by atoms with Crippen LogP contribution in [0.2, 0.25) is 0 Å². The molecular formula is C14H8F2N2O3. The Morgan fingerprint density at radius 3 is 2.38 bits per heavy atom. The van der Waals surface area contributed by atoms with Crippen molar-refractivity contribution in [2.45, 2.75) is 0 Å². The van der Waals surface area contributed by atoms with Gasteiger partial charge in [0.25, 0.3) is 5.89 Å². The molecule has 2 N–H and O–H groups in total. The molecule has 3 rings (SSSR count). The molecule has 0 bridgehead atoms. The summed E-state index contributed by atoms with van der Waals surface area (Å²) in [5, 5.41) is 22.7. The number of hydrogen-bond acceptors (Lipinski definition) is 5.